The molecule has 0 aliphatic rings. The molecule has 2 heterocycles. The van der Waals surface area contributed by atoms with Crippen molar-refractivity contribution in [3.05, 3.63) is 11.5 Å². The van der Waals surface area contributed by atoms with Gasteiger partial charge in [0.25, 0.3) is 0 Å². The maximum atomic E-state index is 6.06. The van der Waals surface area contributed by atoms with Crippen LogP contribution in [0.1, 0.15) is 39.2 Å². The van der Waals surface area contributed by atoms with Crippen molar-refractivity contribution in [2.45, 2.75) is 59.2 Å². The number of imidazole rings is 1. The van der Waals surface area contributed by atoms with E-state index in [9.17, 15) is 0 Å². The first-order valence-corrected chi connectivity index (χ1v) is 7.59. The highest BCUT2D eigenvalue weighted by molar-refractivity contribution is 6.16. The Labute approximate surface area is 124 Å². The molecule has 20 heavy (non-hydrogen) atoms. The summed E-state index contributed by atoms with van der Waals surface area (Å²) < 4.78 is 9.93. The van der Waals surface area contributed by atoms with Crippen LogP contribution in [0.25, 0.3) is 11.2 Å². The smallest absolute Gasteiger partial charge is 0.159 e. The average molecular weight is 299 g/mol. The molecular formula is C14H23ClN4O. The van der Waals surface area contributed by atoms with Gasteiger partial charge in [0.15, 0.2) is 5.65 Å². The molecule has 0 unspecified atom stereocenters. The van der Waals surface area contributed by atoms with E-state index in [0.717, 1.165) is 29.2 Å². The third-order valence-electron chi connectivity index (χ3n) is 3.37. The minimum absolute atomic E-state index is 0.264. The van der Waals surface area contributed by atoms with Crippen molar-refractivity contribution in [2.24, 2.45) is 0 Å². The van der Waals surface area contributed by atoms with Crippen LogP contribution in [0.3, 0.4) is 0 Å². The molecule has 0 aromatic carbocycles. The molecule has 0 aliphatic carbocycles. The van der Waals surface area contributed by atoms with Crippen LogP contribution in [-0.2, 0) is 23.7 Å². The summed E-state index contributed by atoms with van der Waals surface area (Å²) in [6.07, 6.45) is 0. The van der Waals surface area contributed by atoms with Crippen LogP contribution < -0.4 is 0 Å². The maximum absolute atomic E-state index is 6.06. The predicted octanol–water partition coefficient (Wildman–Crippen LogP) is 3.12. The summed E-state index contributed by atoms with van der Waals surface area (Å²) in [4.78, 5) is 4.64. The molecule has 0 spiro atoms. The molecule has 0 fully saturated rings. The lowest BCUT2D eigenvalue weighted by molar-refractivity contribution is -0.0222. The third kappa shape index (κ3) is 2.69. The fraction of sp³-hybridized carbons (Fsp3) is 0.714. The zero-order valence-corrected chi connectivity index (χ0v) is 13.7. The Hall–Kier alpha value is -1.07. The zero-order valence-electron chi connectivity index (χ0n) is 12.9. The molecule has 5 nitrogen and oxygen atoms in total. The second kappa shape index (κ2) is 5.74. The minimum atomic E-state index is -0.264. The van der Waals surface area contributed by atoms with Crippen molar-refractivity contribution in [3.63, 3.8) is 0 Å². The van der Waals surface area contributed by atoms with E-state index in [0.29, 0.717) is 19.0 Å². The molecule has 0 aliphatic heterocycles. The maximum Gasteiger partial charge on any atom is 0.159 e. The Morgan fingerprint density at radius 2 is 2.00 bits per heavy atom. The molecule has 0 amide bonds. The van der Waals surface area contributed by atoms with E-state index in [1.165, 1.54) is 0 Å². The molecule has 2 aromatic rings. The molecular weight excluding hydrogens is 276 g/mol. The lowest BCUT2D eigenvalue weighted by atomic mass is 10.1. The summed E-state index contributed by atoms with van der Waals surface area (Å²) in [6, 6.07) is 0. The number of alkyl halides is 1. The molecule has 0 atom stereocenters. The second-order valence-electron chi connectivity index (χ2n) is 5.51. The number of ether oxygens (including phenoxy) is 1. The molecule has 0 saturated carbocycles. The normalized spacial score (nSPS) is 12.5. The van der Waals surface area contributed by atoms with Gasteiger partial charge >= 0.3 is 0 Å². The van der Waals surface area contributed by atoms with Gasteiger partial charge < -0.3 is 9.30 Å². The lowest BCUT2D eigenvalue weighted by Crippen LogP contribution is -2.31. The van der Waals surface area contributed by atoms with Gasteiger partial charge in [-0.25, -0.2) is 9.67 Å². The van der Waals surface area contributed by atoms with Crippen molar-refractivity contribution in [1.82, 2.24) is 19.3 Å². The van der Waals surface area contributed by atoms with Gasteiger partial charge in [0, 0.05) is 13.2 Å². The number of hydrogen-bond acceptors (Lipinski definition) is 3. The van der Waals surface area contributed by atoms with Crippen molar-refractivity contribution in [1.29, 1.82) is 0 Å². The SMILES string of the molecule is CCOC(C)(C)Cn1c(CCl)nc2c(C)nn(CC)c21. The first-order valence-electron chi connectivity index (χ1n) is 7.06. The Morgan fingerprint density at radius 3 is 2.55 bits per heavy atom. The second-order valence-corrected chi connectivity index (χ2v) is 5.78. The van der Waals surface area contributed by atoms with Crippen molar-refractivity contribution >= 4 is 22.8 Å². The minimum Gasteiger partial charge on any atom is -0.374 e. The third-order valence-corrected chi connectivity index (χ3v) is 3.61. The fourth-order valence-electron chi connectivity index (χ4n) is 2.58. The van der Waals surface area contributed by atoms with Crippen LogP contribution in [-0.4, -0.2) is 31.5 Å². The number of hydrogen-bond donors (Lipinski definition) is 0. The quantitative estimate of drug-likeness (QED) is 0.770. The molecule has 6 heteroatoms. The Kier molecular flexibility index (Phi) is 4.39. The number of fused-ring (bicyclic) bond motifs is 1. The summed E-state index contributed by atoms with van der Waals surface area (Å²) in [6.45, 7) is 12.5. The van der Waals surface area contributed by atoms with Gasteiger partial charge in [-0.2, -0.15) is 5.10 Å². The zero-order chi connectivity index (χ0) is 14.9. The summed E-state index contributed by atoms with van der Waals surface area (Å²) in [5, 5.41) is 4.53. The number of nitrogens with zero attached hydrogens (tertiary/aromatic N) is 4. The molecule has 2 aromatic heterocycles. The highest BCUT2D eigenvalue weighted by Gasteiger charge is 2.24. The van der Waals surface area contributed by atoms with Gasteiger partial charge in [-0.3, -0.25) is 0 Å². The van der Waals surface area contributed by atoms with E-state index < -0.39 is 0 Å². The van der Waals surface area contributed by atoms with Gasteiger partial charge in [0.2, 0.25) is 0 Å². The average Bonchev–Trinajstić information content (AvgIpc) is 2.88. The van der Waals surface area contributed by atoms with Crippen LogP contribution in [0, 0.1) is 6.92 Å². The van der Waals surface area contributed by atoms with E-state index in [4.69, 9.17) is 16.3 Å². The van der Waals surface area contributed by atoms with Gasteiger partial charge in [-0.15, -0.1) is 11.6 Å². The summed E-state index contributed by atoms with van der Waals surface area (Å²) >= 11 is 6.06. The topological polar surface area (TPSA) is 44.9 Å². The van der Waals surface area contributed by atoms with Crippen molar-refractivity contribution in [2.75, 3.05) is 6.61 Å². The Bertz CT molecular complexity index is 600. The Morgan fingerprint density at radius 1 is 1.30 bits per heavy atom. The van der Waals surface area contributed by atoms with E-state index >= 15 is 0 Å². The first-order chi connectivity index (χ1) is 9.43. The number of aromatic nitrogens is 4. The molecule has 0 radical (unpaired) electrons. The van der Waals surface area contributed by atoms with Crippen LogP contribution in [0.5, 0.6) is 0 Å². The molecule has 0 saturated heterocycles. The highest BCUT2D eigenvalue weighted by atomic mass is 35.5. The number of rotatable bonds is 6. The van der Waals surface area contributed by atoms with E-state index in [1.807, 2.05) is 18.5 Å². The van der Waals surface area contributed by atoms with Crippen LogP contribution in [0.2, 0.25) is 0 Å². The number of halogens is 1. The Balaban J connectivity index is 2.54. The standard InChI is InChI=1S/C14H23ClN4O/c1-6-19-13-12(10(3)17-19)16-11(8-15)18(13)9-14(4,5)20-7-2/h6-9H2,1-5H3. The fourth-order valence-corrected chi connectivity index (χ4v) is 2.78. The largest absolute Gasteiger partial charge is 0.374 e. The lowest BCUT2D eigenvalue weighted by Gasteiger charge is -2.26. The van der Waals surface area contributed by atoms with Gasteiger partial charge in [0.1, 0.15) is 11.3 Å². The van der Waals surface area contributed by atoms with Crippen LogP contribution in [0.15, 0.2) is 0 Å². The van der Waals surface area contributed by atoms with Crippen LogP contribution >= 0.6 is 11.6 Å². The molecule has 2 rings (SSSR count). The van der Waals surface area contributed by atoms with E-state index in [-0.39, 0.29) is 5.60 Å². The van der Waals surface area contributed by atoms with Crippen LogP contribution in [0.4, 0.5) is 0 Å². The first kappa shape index (κ1) is 15.3. The molecule has 0 bridgehead atoms. The predicted molar refractivity (Wildman–Crippen MR) is 81.2 cm³/mol. The van der Waals surface area contributed by atoms with Crippen molar-refractivity contribution in [3.8, 4) is 0 Å². The van der Waals surface area contributed by atoms with Gasteiger partial charge in [-0.1, -0.05) is 0 Å². The highest BCUT2D eigenvalue weighted by Crippen LogP contribution is 2.24. The number of aryl methyl sites for hydroxylation is 2. The monoisotopic (exact) mass is 298 g/mol. The van der Waals surface area contributed by atoms with E-state index in [2.05, 4.69) is 35.4 Å². The summed E-state index contributed by atoms with van der Waals surface area (Å²) in [7, 11) is 0. The van der Waals surface area contributed by atoms with E-state index in [1.54, 1.807) is 0 Å². The molecule has 112 valence electrons. The van der Waals surface area contributed by atoms with Crippen molar-refractivity contribution < 1.29 is 4.74 Å². The molecule has 0 N–H and O–H groups in total. The summed E-state index contributed by atoms with van der Waals surface area (Å²) in [5.74, 6) is 1.26. The van der Waals surface area contributed by atoms with Gasteiger partial charge in [0.05, 0.1) is 23.7 Å². The summed E-state index contributed by atoms with van der Waals surface area (Å²) in [5.41, 5.74) is 2.66. The van der Waals surface area contributed by atoms with Gasteiger partial charge in [-0.05, 0) is 34.6 Å².